The highest BCUT2D eigenvalue weighted by Gasteiger charge is 2.37. The lowest BCUT2D eigenvalue weighted by Crippen LogP contribution is -2.50. The third-order valence-electron chi connectivity index (χ3n) is 5.82. The second-order valence-electron chi connectivity index (χ2n) is 8.02. The van der Waals surface area contributed by atoms with Gasteiger partial charge in [-0.15, -0.1) is 0 Å². The summed E-state index contributed by atoms with van der Waals surface area (Å²) < 4.78 is 38.8. The Kier molecular flexibility index (Phi) is 6.28. The number of likely N-dealkylation sites (tertiary alicyclic amines) is 1. The molecule has 170 valence electrons. The average Bonchev–Trinajstić information content (AvgIpc) is 3.14. The summed E-state index contributed by atoms with van der Waals surface area (Å²) in [5, 5.41) is 0.558. The van der Waals surface area contributed by atoms with Crippen LogP contribution in [0.15, 0.2) is 42.6 Å². The summed E-state index contributed by atoms with van der Waals surface area (Å²) in [5.41, 5.74) is -0.354. The topological polar surface area (TPSA) is 56.8 Å². The van der Waals surface area contributed by atoms with Crippen molar-refractivity contribution < 1.29 is 22.8 Å². The third-order valence-corrected chi connectivity index (χ3v) is 6.04. The first-order valence-corrected chi connectivity index (χ1v) is 10.7. The third kappa shape index (κ3) is 4.98. The van der Waals surface area contributed by atoms with E-state index in [2.05, 4.69) is 9.88 Å². The fraction of sp³-hybridized carbons (Fsp3) is 0.409. The fourth-order valence-electron chi connectivity index (χ4n) is 4.13. The van der Waals surface area contributed by atoms with E-state index in [0.29, 0.717) is 36.8 Å². The Balaban J connectivity index is 1.33. The van der Waals surface area contributed by atoms with Crippen LogP contribution in [-0.2, 0) is 22.3 Å². The maximum Gasteiger partial charge on any atom is 0.416 e. The van der Waals surface area contributed by atoms with E-state index in [1.165, 1.54) is 11.0 Å². The van der Waals surface area contributed by atoms with Gasteiger partial charge in [0.05, 0.1) is 16.5 Å². The van der Waals surface area contributed by atoms with E-state index in [0.717, 1.165) is 18.0 Å². The number of nitrogens with zero attached hydrogens (tertiary/aromatic N) is 4. The van der Waals surface area contributed by atoms with Crippen molar-refractivity contribution in [2.24, 2.45) is 5.92 Å². The fourth-order valence-corrected chi connectivity index (χ4v) is 4.24. The van der Waals surface area contributed by atoms with Gasteiger partial charge in [-0.3, -0.25) is 9.59 Å². The van der Waals surface area contributed by atoms with Crippen molar-refractivity contribution in [2.75, 3.05) is 37.6 Å². The van der Waals surface area contributed by atoms with Gasteiger partial charge in [-0.05, 0) is 29.8 Å². The van der Waals surface area contributed by atoms with Crippen LogP contribution in [0.25, 0.3) is 0 Å². The minimum absolute atomic E-state index is 0.0581. The number of anilines is 1. The molecule has 1 unspecified atom stereocenters. The molecule has 6 nitrogen and oxygen atoms in total. The molecule has 2 aliphatic rings. The van der Waals surface area contributed by atoms with Gasteiger partial charge in [-0.25, -0.2) is 4.98 Å². The molecule has 1 aromatic carbocycles. The molecule has 4 rings (SSSR count). The summed E-state index contributed by atoms with van der Waals surface area (Å²) in [7, 11) is 0. The summed E-state index contributed by atoms with van der Waals surface area (Å²) in [6.07, 6.45) is -2.78. The van der Waals surface area contributed by atoms with Crippen molar-refractivity contribution in [3.8, 4) is 0 Å². The molecule has 0 bridgehead atoms. The molecule has 0 saturated carbocycles. The molecule has 2 aromatic rings. The molecule has 2 fully saturated rings. The number of rotatable bonds is 4. The zero-order valence-corrected chi connectivity index (χ0v) is 17.9. The molecule has 3 heterocycles. The largest absolute Gasteiger partial charge is 0.416 e. The molecule has 1 aromatic heterocycles. The molecule has 0 aliphatic carbocycles. The molecule has 1 atom stereocenters. The Morgan fingerprint density at radius 1 is 1.12 bits per heavy atom. The second kappa shape index (κ2) is 8.97. The summed E-state index contributed by atoms with van der Waals surface area (Å²) in [4.78, 5) is 35.0. The van der Waals surface area contributed by atoms with E-state index >= 15 is 0 Å². The van der Waals surface area contributed by atoms with Gasteiger partial charge in [0, 0.05) is 51.9 Å². The quantitative estimate of drug-likeness (QED) is 0.692. The zero-order valence-electron chi connectivity index (χ0n) is 17.2. The summed E-state index contributed by atoms with van der Waals surface area (Å²) in [6.45, 7) is 2.54. The first-order chi connectivity index (χ1) is 15.2. The van der Waals surface area contributed by atoms with Gasteiger partial charge >= 0.3 is 6.18 Å². The molecule has 2 saturated heterocycles. The monoisotopic (exact) mass is 466 g/mol. The highest BCUT2D eigenvalue weighted by Crippen LogP contribution is 2.30. The van der Waals surface area contributed by atoms with Crippen molar-refractivity contribution in [1.82, 2.24) is 14.8 Å². The van der Waals surface area contributed by atoms with Crippen molar-refractivity contribution in [2.45, 2.75) is 19.1 Å². The average molecular weight is 467 g/mol. The minimum Gasteiger partial charge on any atom is -0.353 e. The van der Waals surface area contributed by atoms with Gasteiger partial charge in [-0.2, -0.15) is 13.2 Å². The molecular weight excluding hydrogens is 445 g/mol. The molecule has 2 aliphatic heterocycles. The van der Waals surface area contributed by atoms with Crippen LogP contribution in [-0.4, -0.2) is 59.3 Å². The van der Waals surface area contributed by atoms with Gasteiger partial charge in [0.1, 0.15) is 5.82 Å². The van der Waals surface area contributed by atoms with E-state index in [9.17, 15) is 22.8 Å². The number of halogens is 4. The molecule has 2 amide bonds. The van der Waals surface area contributed by atoms with Gasteiger partial charge in [-0.1, -0.05) is 23.7 Å². The van der Waals surface area contributed by atoms with Crippen LogP contribution in [0.2, 0.25) is 5.02 Å². The normalized spacial score (nSPS) is 19.6. The van der Waals surface area contributed by atoms with Crippen molar-refractivity contribution in [3.05, 3.63) is 58.7 Å². The lowest BCUT2D eigenvalue weighted by atomic mass is 10.1. The second-order valence-corrected chi connectivity index (χ2v) is 8.46. The molecular formula is C22H22ClF3N4O2. The minimum atomic E-state index is -4.44. The van der Waals surface area contributed by atoms with Crippen LogP contribution in [0.5, 0.6) is 0 Å². The van der Waals surface area contributed by atoms with Crippen molar-refractivity contribution in [3.63, 3.8) is 0 Å². The van der Waals surface area contributed by atoms with E-state index in [4.69, 9.17) is 11.6 Å². The lowest BCUT2D eigenvalue weighted by molar-refractivity contribution is -0.137. The number of hydrogen-bond donors (Lipinski definition) is 0. The predicted octanol–water partition coefficient (Wildman–Crippen LogP) is 3.45. The van der Waals surface area contributed by atoms with Crippen LogP contribution in [0, 0.1) is 5.92 Å². The molecule has 0 spiro atoms. The maximum absolute atomic E-state index is 13.0. The van der Waals surface area contributed by atoms with Gasteiger partial charge in [0.25, 0.3) is 0 Å². The Labute approximate surface area is 188 Å². The highest BCUT2D eigenvalue weighted by molar-refractivity contribution is 6.30. The van der Waals surface area contributed by atoms with Crippen molar-refractivity contribution >= 4 is 29.2 Å². The SMILES string of the molecule is O=C1CC(C(=O)N2CCN(c3ccc(Cl)cn3)CC2)CN1Cc1cccc(C(F)(F)F)c1. The lowest BCUT2D eigenvalue weighted by Gasteiger charge is -2.36. The van der Waals surface area contributed by atoms with Crippen molar-refractivity contribution in [1.29, 1.82) is 0 Å². The van der Waals surface area contributed by atoms with Crippen LogP contribution in [0.1, 0.15) is 17.5 Å². The van der Waals surface area contributed by atoms with Crippen LogP contribution < -0.4 is 4.90 Å². The van der Waals surface area contributed by atoms with Crippen LogP contribution >= 0.6 is 11.6 Å². The van der Waals surface area contributed by atoms with E-state index < -0.39 is 17.7 Å². The zero-order chi connectivity index (χ0) is 22.9. The maximum atomic E-state index is 13.0. The molecule has 0 N–H and O–H groups in total. The van der Waals surface area contributed by atoms with Gasteiger partial charge in [0.15, 0.2) is 0 Å². The Morgan fingerprint density at radius 2 is 1.88 bits per heavy atom. The molecule has 32 heavy (non-hydrogen) atoms. The number of carbonyl (C=O) groups is 2. The van der Waals surface area contributed by atoms with Crippen LogP contribution in [0.3, 0.4) is 0 Å². The standard InChI is InChI=1S/C22H22ClF3N4O2/c23-18-4-5-19(27-12-18)28-6-8-29(9-7-28)21(32)16-11-20(31)30(14-16)13-15-2-1-3-17(10-15)22(24,25)26/h1-5,10,12,16H,6-9,11,13-14H2. The Morgan fingerprint density at radius 3 is 2.53 bits per heavy atom. The Hall–Kier alpha value is -2.81. The molecule has 0 radical (unpaired) electrons. The first-order valence-electron chi connectivity index (χ1n) is 10.3. The smallest absolute Gasteiger partial charge is 0.353 e. The number of carbonyl (C=O) groups excluding carboxylic acids is 2. The summed E-state index contributed by atoms with van der Waals surface area (Å²) >= 11 is 5.87. The number of pyridine rings is 1. The number of aromatic nitrogens is 1. The van der Waals surface area contributed by atoms with E-state index in [1.54, 1.807) is 23.2 Å². The van der Waals surface area contributed by atoms with Gasteiger partial charge in [0.2, 0.25) is 11.8 Å². The first kappa shape index (κ1) is 22.4. The number of alkyl halides is 3. The van der Waals surface area contributed by atoms with E-state index in [1.807, 2.05) is 6.07 Å². The Bertz CT molecular complexity index is 991. The highest BCUT2D eigenvalue weighted by atomic mass is 35.5. The number of amides is 2. The van der Waals surface area contributed by atoms with E-state index in [-0.39, 0.29) is 31.3 Å². The summed E-state index contributed by atoms with van der Waals surface area (Å²) in [6, 6.07) is 8.54. The summed E-state index contributed by atoms with van der Waals surface area (Å²) in [5.74, 6) is 0.0108. The van der Waals surface area contributed by atoms with Gasteiger partial charge < -0.3 is 14.7 Å². The molecule has 10 heteroatoms. The van der Waals surface area contributed by atoms with Crippen LogP contribution in [0.4, 0.5) is 19.0 Å². The number of piperazine rings is 1. The predicted molar refractivity (Wildman–Crippen MR) is 113 cm³/mol. The number of hydrogen-bond acceptors (Lipinski definition) is 4. The number of benzene rings is 1.